The molecule has 3 nitrogen and oxygen atoms in total. The van der Waals surface area contributed by atoms with Gasteiger partial charge in [-0.3, -0.25) is 0 Å². The summed E-state index contributed by atoms with van der Waals surface area (Å²) in [4.78, 5) is 0. The number of benzene rings is 1. The van der Waals surface area contributed by atoms with E-state index in [9.17, 15) is 0 Å². The molecule has 0 bridgehead atoms. The lowest BCUT2D eigenvalue weighted by molar-refractivity contribution is 0.365. The molecular weight excluding hydrogens is 164 g/mol. The van der Waals surface area contributed by atoms with Crippen molar-refractivity contribution in [1.82, 2.24) is 0 Å². The average molecular weight is 176 g/mol. The van der Waals surface area contributed by atoms with Crippen LogP contribution in [0.1, 0.15) is 11.1 Å². The van der Waals surface area contributed by atoms with Crippen LogP contribution >= 0.6 is 0 Å². The molecule has 0 heterocycles. The highest BCUT2D eigenvalue weighted by Crippen LogP contribution is 2.24. The van der Waals surface area contributed by atoms with Crippen molar-refractivity contribution < 1.29 is 4.74 Å². The quantitative estimate of drug-likeness (QED) is 0.699. The third kappa shape index (κ3) is 2.12. The zero-order valence-electron chi connectivity index (χ0n) is 7.79. The summed E-state index contributed by atoms with van der Waals surface area (Å²) in [6, 6.07) is 5.61. The number of hydrogen-bond donors (Lipinski definition) is 1. The van der Waals surface area contributed by atoms with E-state index in [2.05, 4.69) is 0 Å². The summed E-state index contributed by atoms with van der Waals surface area (Å²) < 4.78 is 5.18. The molecule has 0 saturated carbocycles. The van der Waals surface area contributed by atoms with Crippen molar-refractivity contribution in [3.05, 3.63) is 23.3 Å². The van der Waals surface area contributed by atoms with Crippen LogP contribution in [0.4, 0.5) is 5.69 Å². The zero-order valence-corrected chi connectivity index (χ0v) is 7.79. The first-order valence-corrected chi connectivity index (χ1v) is 4.01. The lowest BCUT2D eigenvalue weighted by Gasteiger charge is -2.08. The average Bonchev–Trinajstić information content (AvgIpc) is 2.09. The van der Waals surface area contributed by atoms with E-state index in [4.69, 9.17) is 15.7 Å². The maximum absolute atomic E-state index is 8.34. The highest BCUT2D eigenvalue weighted by molar-refractivity contribution is 5.54. The van der Waals surface area contributed by atoms with Gasteiger partial charge in [-0.25, -0.2) is 0 Å². The van der Waals surface area contributed by atoms with Crippen LogP contribution in [-0.4, -0.2) is 6.61 Å². The largest absolute Gasteiger partial charge is 0.478 e. The van der Waals surface area contributed by atoms with Gasteiger partial charge in [0, 0.05) is 11.8 Å². The number of nitrogens with two attached hydrogens (primary N) is 1. The van der Waals surface area contributed by atoms with E-state index in [0.717, 1.165) is 11.1 Å². The summed E-state index contributed by atoms with van der Waals surface area (Å²) in [6.45, 7) is 3.93. The van der Waals surface area contributed by atoms with Crippen LogP contribution in [0, 0.1) is 25.2 Å². The van der Waals surface area contributed by atoms with E-state index in [0.29, 0.717) is 11.4 Å². The van der Waals surface area contributed by atoms with E-state index in [1.807, 2.05) is 26.0 Å². The van der Waals surface area contributed by atoms with Gasteiger partial charge in [0.15, 0.2) is 6.61 Å². The van der Waals surface area contributed by atoms with Crippen LogP contribution in [0.15, 0.2) is 12.1 Å². The van der Waals surface area contributed by atoms with Crippen molar-refractivity contribution in [2.45, 2.75) is 13.8 Å². The predicted molar refractivity (Wildman–Crippen MR) is 51.4 cm³/mol. The number of anilines is 1. The number of ether oxygens (including phenoxy) is 1. The molecule has 0 spiro atoms. The molecule has 1 rings (SSSR count). The van der Waals surface area contributed by atoms with Crippen LogP contribution in [0.3, 0.4) is 0 Å². The molecule has 0 atom stereocenters. The smallest absolute Gasteiger partial charge is 0.174 e. The fourth-order valence-corrected chi connectivity index (χ4v) is 1.11. The van der Waals surface area contributed by atoms with Gasteiger partial charge < -0.3 is 10.5 Å². The Morgan fingerprint density at radius 2 is 2.08 bits per heavy atom. The molecule has 13 heavy (non-hydrogen) atoms. The molecule has 0 aliphatic carbocycles. The first kappa shape index (κ1) is 9.40. The van der Waals surface area contributed by atoms with Crippen LogP contribution < -0.4 is 10.5 Å². The Morgan fingerprint density at radius 3 is 2.69 bits per heavy atom. The molecule has 3 heteroatoms. The summed E-state index contributed by atoms with van der Waals surface area (Å²) >= 11 is 0. The lowest BCUT2D eigenvalue weighted by atomic mass is 10.1. The van der Waals surface area contributed by atoms with Crippen molar-refractivity contribution in [1.29, 1.82) is 5.26 Å². The van der Waals surface area contributed by atoms with E-state index < -0.39 is 0 Å². The minimum Gasteiger partial charge on any atom is -0.478 e. The normalized spacial score (nSPS) is 9.31. The van der Waals surface area contributed by atoms with Crippen molar-refractivity contribution in [3.63, 3.8) is 0 Å². The molecule has 2 N–H and O–H groups in total. The SMILES string of the molecule is Cc1cc(C)c(OCC#N)cc1N. The number of aryl methyl sites for hydroxylation is 2. The zero-order chi connectivity index (χ0) is 9.84. The topological polar surface area (TPSA) is 59.0 Å². The van der Waals surface area contributed by atoms with Gasteiger partial charge in [-0.15, -0.1) is 0 Å². The standard InChI is InChI=1S/C10H12N2O/c1-7-5-8(2)10(6-9(7)12)13-4-3-11/h5-6H,4,12H2,1-2H3. The molecule has 0 aliphatic heterocycles. The molecule has 1 aromatic carbocycles. The molecule has 0 radical (unpaired) electrons. The first-order valence-electron chi connectivity index (χ1n) is 4.01. The fraction of sp³-hybridized carbons (Fsp3) is 0.300. The molecule has 0 aliphatic rings. The van der Waals surface area contributed by atoms with Gasteiger partial charge in [0.25, 0.3) is 0 Å². The maximum atomic E-state index is 8.34. The Bertz CT molecular complexity index is 353. The Kier molecular flexibility index (Phi) is 2.76. The highest BCUT2D eigenvalue weighted by Gasteiger charge is 2.02. The van der Waals surface area contributed by atoms with E-state index >= 15 is 0 Å². The third-order valence-electron chi connectivity index (χ3n) is 1.86. The minimum absolute atomic E-state index is 0.0589. The first-order chi connectivity index (χ1) is 6.15. The molecular formula is C10H12N2O. The summed E-state index contributed by atoms with van der Waals surface area (Å²) in [5.41, 5.74) is 8.42. The Morgan fingerprint density at radius 1 is 1.38 bits per heavy atom. The summed E-state index contributed by atoms with van der Waals surface area (Å²) in [5.74, 6) is 0.685. The second kappa shape index (κ2) is 3.81. The molecule has 0 aromatic heterocycles. The van der Waals surface area contributed by atoms with Crippen LogP contribution in [-0.2, 0) is 0 Å². The summed E-state index contributed by atoms with van der Waals surface area (Å²) in [5, 5.41) is 8.34. The van der Waals surface area contributed by atoms with E-state index in [-0.39, 0.29) is 6.61 Å². The van der Waals surface area contributed by atoms with Gasteiger partial charge in [-0.05, 0) is 25.0 Å². The molecule has 0 saturated heterocycles. The summed E-state index contributed by atoms with van der Waals surface area (Å²) in [7, 11) is 0. The number of nitrogens with zero attached hydrogens (tertiary/aromatic N) is 1. The lowest BCUT2D eigenvalue weighted by Crippen LogP contribution is -1.98. The predicted octanol–water partition coefficient (Wildman–Crippen LogP) is 1.79. The molecule has 0 unspecified atom stereocenters. The maximum Gasteiger partial charge on any atom is 0.174 e. The van der Waals surface area contributed by atoms with Gasteiger partial charge in [0.2, 0.25) is 0 Å². The van der Waals surface area contributed by atoms with E-state index in [1.54, 1.807) is 6.07 Å². The van der Waals surface area contributed by atoms with Crippen molar-refractivity contribution >= 4 is 5.69 Å². The number of nitrogen functional groups attached to an aromatic ring is 1. The van der Waals surface area contributed by atoms with E-state index in [1.165, 1.54) is 0 Å². The van der Waals surface area contributed by atoms with Gasteiger partial charge in [-0.2, -0.15) is 5.26 Å². The van der Waals surface area contributed by atoms with Gasteiger partial charge in [0.1, 0.15) is 11.8 Å². The molecule has 0 fully saturated rings. The van der Waals surface area contributed by atoms with Gasteiger partial charge in [-0.1, -0.05) is 6.07 Å². The van der Waals surface area contributed by atoms with Crippen LogP contribution in [0.5, 0.6) is 5.75 Å². The third-order valence-corrected chi connectivity index (χ3v) is 1.86. The summed E-state index contributed by atoms with van der Waals surface area (Å²) in [6.07, 6.45) is 0. The fourth-order valence-electron chi connectivity index (χ4n) is 1.11. The number of rotatable bonds is 2. The highest BCUT2D eigenvalue weighted by atomic mass is 16.5. The molecule has 1 aromatic rings. The van der Waals surface area contributed by atoms with Gasteiger partial charge >= 0.3 is 0 Å². The van der Waals surface area contributed by atoms with Crippen LogP contribution in [0.25, 0.3) is 0 Å². The Labute approximate surface area is 77.7 Å². The molecule has 0 amide bonds. The number of hydrogen-bond acceptors (Lipinski definition) is 3. The molecule has 68 valence electrons. The van der Waals surface area contributed by atoms with Crippen molar-refractivity contribution in [2.75, 3.05) is 12.3 Å². The van der Waals surface area contributed by atoms with Crippen molar-refractivity contribution in [2.24, 2.45) is 0 Å². The van der Waals surface area contributed by atoms with Crippen molar-refractivity contribution in [3.8, 4) is 11.8 Å². The van der Waals surface area contributed by atoms with Crippen LogP contribution in [0.2, 0.25) is 0 Å². The number of nitriles is 1. The monoisotopic (exact) mass is 176 g/mol. The minimum atomic E-state index is 0.0589. The second-order valence-electron chi connectivity index (χ2n) is 2.92. The second-order valence-corrected chi connectivity index (χ2v) is 2.92. The Balaban J connectivity index is 2.96. The Hall–Kier alpha value is -1.69. The van der Waals surface area contributed by atoms with Gasteiger partial charge in [0.05, 0.1) is 0 Å².